The summed E-state index contributed by atoms with van der Waals surface area (Å²) >= 11 is 0. The van der Waals surface area contributed by atoms with E-state index < -0.39 is 5.97 Å². The molecule has 4 aromatic rings. The highest BCUT2D eigenvalue weighted by molar-refractivity contribution is 5.91. The smallest absolute Gasteiger partial charge is 0.307 e. The van der Waals surface area contributed by atoms with Gasteiger partial charge in [-0.05, 0) is 40.8 Å². The van der Waals surface area contributed by atoms with Gasteiger partial charge in [-0.1, -0.05) is 60.7 Å². The first-order valence-corrected chi connectivity index (χ1v) is 11.1. The van der Waals surface area contributed by atoms with E-state index >= 15 is 0 Å². The van der Waals surface area contributed by atoms with Crippen LogP contribution in [0.2, 0.25) is 0 Å². The summed E-state index contributed by atoms with van der Waals surface area (Å²) in [5.41, 5.74) is 4.11. The molecule has 5 rings (SSSR count). The lowest BCUT2D eigenvalue weighted by atomic mass is 9.98. The lowest BCUT2D eigenvalue weighted by Crippen LogP contribution is -2.43. The number of rotatable bonds is 5. The van der Waals surface area contributed by atoms with Gasteiger partial charge in [0.05, 0.1) is 12.8 Å². The van der Waals surface area contributed by atoms with Crippen molar-refractivity contribution >= 4 is 33.6 Å². The summed E-state index contributed by atoms with van der Waals surface area (Å²) in [5.74, 6) is -0.703. The van der Waals surface area contributed by atoms with E-state index in [1.54, 1.807) is 0 Å². The Kier molecular flexibility index (Phi) is 5.17. The number of fused-ring (bicyclic) bond motifs is 4. The number of hydrogen-bond acceptors (Lipinski definition) is 2. The van der Waals surface area contributed by atoms with Crippen LogP contribution < -0.4 is 0 Å². The van der Waals surface area contributed by atoms with Crippen molar-refractivity contribution in [1.82, 2.24) is 9.47 Å². The molecule has 1 aliphatic rings. The Morgan fingerprint density at radius 2 is 1.69 bits per heavy atom. The molecule has 162 valence electrons. The second kappa shape index (κ2) is 8.15. The number of para-hydroxylation sites is 1. The van der Waals surface area contributed by atoms with Crippen LogP contribution in [0.15, 0.2) is 66.7 Å². The quantitative estimate of drug-likeness (QED) is 0.513. The van der Waals surface area contributed by atoms with E-state index in [2.05, 4.69) is 22.8 Å². The Hall–Kier alpha value is -3.60. The van der Waals surface area contributed by atoms with Gasteiger partial charge in [-0.25, -0.2) is 0 Å². The molecule has 32 heavy (non-hydrogen) atoms. The largest absolute Gasteiger partial charge is 0.481 e. The fourth-order valence-electron chi connectivity index (χ4n) is 5.13. The molecule has 0 spiro atoms. The zero-order chi connectivity index (χ0) is 22.2. The van der Waals surface area contributed by atoms with Crippen LogP contribution in [0.3, 0.4) is 0 Å². The van der Waals surface area contributed by atoms with Gasteiger partial charge in [-0.3, -0.25) is 9.59 Å². The molecule has 0 saturated heterocycles. The number of nitrogens with zero attached hydrogens (tertiary/aromatic N) is 2. The van der Waals surface area contributed by atoms with Gasteiger partial charge in [-0.2, -0.15) is 0 Å². The zero-order valence-electron chi connectivity index (χ0n) is 18.1. The standard InChI is InChI=1S/C27H26N2O3/c1-28(26(30)15-19-9-6-8-18-7-2-3-10-21(18)19)20-13-14-25-23(16-27(31)32)22-11-4-5-12-24(22)29(25)17-20/h2-12,20H,13-17H2,1H3,(H,31,32)/t20-/m1/s1. The molecule has 0 saturated carbocycles. The second-order valence-electron chi connectivity index (χ2n) is 8.64. The maximum Gasteiger partial charge on any atom is 0.307 e. The van der Waals surface area contributed by atoms with Gasteiger partial charge in [0.1, 0.15) is 0 Å². The number of carbonyl (C=O) groups is 2. The average Bonchev–Trinajstić information content (AvgIpc) is 3.11. The first-order chi connectivity index (χ1) is 15.5. The fourth-order valence-corrected chi connectivity index (χ4v) is 5.13. The lowest BCUT2D eigenvalue weighted by molar-refractivity contribution is -0.136. The highest BCUT2D eigenvalue weighted by Gasteiger charge is 2.29. The highest BCUT2D eigenvalue weighted by Crippen LogP contribution is 2.32. The molecule has 0 radical (unpaired) electrons. The summed E-state index contributed by atoms with van der Waals surface area (Å²) in [4.78, 5) is 26.6. The van der Waals surface area contributed by atoms with Crippen LogP contribution in [-0.4, -0.2) is 39.5 Å². The number of carboxylic acid groups (broad SMARTS) is 1. The van der Waals surface area contributed by atoms with Gasteiger partial charge in [0, 0.05) is 36.2 Å². The van der Waals surface area contributed by atoms with E-state index in [0.717, 1.165) is 51.3 Å². The molecule has 0 fully saturated rings. The Labute approximate surface area is 186 Å². The maximum absolute atomic E-state index is 13.2. The molecular weight excluding hydrogens is 400 g/mol. The molecule has 0 aliphatic carbocycles. The molecule has 5 nitrogen and oxygen atoms in total. The van der Waals surface area contributed by atoms with Crippen LogP contribution in [-0.2, 0) is 35.4 Å². The van der Waals surface area contributed by atoms with Crippen LogP contribution in [0.1, 0.15) is 23.2 Å². The molecule has 1 amide bonds. The van der Waals surface area contributed by atoms with E-state index in [9.17, 15) is 14.7 Å². The molecule has 3 aromatic carbocycles. The van der Waals surface area contributed by atoms with Gasteiger partial charge < -0.3 is 14.6 Å². The van der Waals surface area contributed by atoms with Crippen LogP contribution >= 0.6 is 0 Å². The first-order valence-electron chi connectivity index (χ1n) is 11.1. The van der Waals surface area contributed by atoms with Crippen molar-refractivity contribution in [1.29, 1.82) is 0 Å². The SMILES string of the molecule is CN(C(=O)Cc1cccc2ccccc12)[C@@H]1CCc2c(CC(=O)O)c3ccccc3n2C1. The predicted molar refractivity (Wildman–Crippen MR) is 126 cm³/mol. The van der Waals surface area contributed by atoms with Gasteiger partial charge in [0.2, 0.25) is 5.91 Å². The van der Waals surface area contributed by atoms with Crippen molar-refractivity contribution in [2.45, 2.75) is 38.3 Å². The Morgan fingerprint density at radius 1 is 0.969 bits per heavy atom. The number of carbonyl (C=O) groups excluding carboxylic acids is 1. The van der Waals surface area contributed by atoms with Crippen molar-refractivity contribution in [3.05, 3.63) is 83.6 Å². The van der Waals surface area contributed by atoms with Crippen LogP contribution in [0, 0.1) is 0 Å². The number of carboxylic acids is 1. The number of amides is 1. The normalized spacial score (nSPS) is 15.6. The first kappa shape index (κ1) is 20.3. The molecule has 1 atom stereocenters. The Bertz CT molecular complexity index is 1330. The molecule has 0 unspecified atom stereocenters. The van der Waals surface area contributed by atoms with E-state index in [0.29, 0.717) is 13.0 Å². The van der Waals surface area contributed by atoms with Gasteiger partial charge in [0.25, 0.3) is 0 Å². The summed E-state index contributed by atoms with van der Waals surface area (Å²) in [6.07, 6.45) is 2.01. The minimum absolute atomic E-state index is 0.0311. The molecule has 2 heterocycles. The predicted octanol–water partition coefficient (Wildman–Crippen LogP) is 4.44. The summed E-state index contributed by atoms with van der Waals surface area (Å²) in [5, 5.41) is 12.7. The summed E-state index contributed by atoms with van der Waals surface area (Å²) in [6, 6.07) is 22.3. The Balaban J connectivity index is 1.40. The fraction of sp³-hybridized carbons (Fsp3) is 0.259. The number of likely N-dealkylation sites (N-methyl/N-ethyl adjacent to an activating group) is 1. The van der Waals surface area contributed by atoms with Crippen LogP contribution in [0.25, 0.3) is 21.7 Å². The van der Waals surface area contributed by atoms with Crippen molar-refractivity contribution in [3.63, 3.8) is 0 Å². The lowest BCUT2D eigenvalue weighted by Gasteiger charge is -2.33. The number of hydrogen-bond donors (Lipinski definition) is 1. The third-order valence-corrected chi connectivity index (χ3v) is 6.79. The molecule has 0 bridgehead atoms. The van der Waals surface area contributed by atoms with Crippen molar-refractivity contribution in [2.75, 3.05) is 7.05 Å². The topological polar surface area (TPSA) is 62.5 Å². The van der Waals surface area contributed by atoms with E-state index in [1.807, 2.05) is 60.5 Å². The molecule has 1 aromatic heterocycles. The van der Waals surface area contributed by atoms with Crippen LogP contribution in [0.5, 0.6) is 0 Å². The zero-order valence-corrected chi connectivity index (χ0v) is 18.1. The van der Waals surface area contributed by atoms with Crippen molar-refractivity contribution in [3.8, 4) is 0 Å². The number of aromatic nitrogens is 1. The molecular formula is C27H26N2O3. The maximum atomic E-state index is 13.2. The molecule has 5 heteroatoms. The summed E-state index contributed by atoms with van der Waals surface area (Å²) in [7, 11) is 1.90. The van der Waals surface area contributed by atoms with Crippen molar-refractivity contribution in [2.24, 2.45) is 0 Å². The minimum atomic E-state index is -0.811. The molecule has 1 N–H and O–H groups in total. The third kappa shape index (κ3) is 3.54. The number of aliphatic carboxylic acids is 1. The van der Waals surface area contributed by atoms with Gasteiger partial charge >= 0.3 is 5.97 Å². The second-order valence-corrected chi connectivity index (χ2v) is 8.64. The highest BCUT2D eigenvalue weighted by atomic mass is 16.4. The third-order valence-electron chi connectivity index (χ3n) is 6.79. The molecule has 1 aliphatic heterocycles. The van der Waals surface area contributed by atoms with Gasteiger partial charge in [0.15, 0.2) is 0 Å². The minimum Gasteiger partial charge on any atom is -0.481 e. The van der Waals surface area contributed by atoms with Crippen molar-refractivity contribution < 1.29 is 14.7 Å². The van der Waals surface area contributed by atoms with Gasteiger partial charge in [-0.15, -0.1) is 0 Å². The van der Waals surface area contributed by atoms with E-state index in [4.69, 9.17) is 0 Å². The van der Waals surface area contributed by atoms with E-state index in [1.165, 1.54) is 0 Å². The Morgan fingerprint density at radius 3 is 2.50 bits per heavy atom. The van der Waals surface area contributed by atoms with E-state index in [-0.39, 0.29) is 18.4 Å². The monoisotopic (exact) mass is 426 g/mol. The summed E-state index contributed by atoms with van der Waals surface area (Å²) in [6.45, 7) is 0.688. The number of benzene rings is 3. The summed E-state index contributed by atoms with van der Waals surface area (Å²) < 4.78 is 2.23. The van der Waals surface area contributed by atoms with Crippen LogP contribution in [0.4, 0.5) is 0 Å². The average molecular weight is 427 g/mol.